The molecule has 0 N–H and O–H groups in total. The summed E-state index contributed by atoms with van der Waals surface area (Å²) < 4.78 is 3.05. The van der Waals surface area contributed by atoms with Crippen LogP contribution in [0.4, 0.5) is 0 Å². The van der Waals surface area contributed by atoms with E-state index in [0.29, 0.717) is 10.0 Å². The highest BCUT2D eigenvalue weighted by atomic mass is 35.5. The van der Waals surface area contributed by atoms with Crippen molar-refractivity contribution in [3.05, 3.63) is 59.1 Å². The van der Waals surface area contributed by atoms with Crippen LogP contribution >= 0.6 is 23.2 Å². The van der Waals surface area contributed by atoms with Crippen molar-refractivity contribution in [2.24, 2.45) is 0 Å². The summed E-state index contributed by atoms with van der Waals surface area (Å²) in [5, 5.41) is 23.2. The maximum atomic E-state index is 6.41. The molecule has 8 nitrogen and oxygen atoms in total. The van der Waals surface area contributed by atoms with Gasteiger partial charge in [-0.05, 0) is 45.1 Å². The Morgan fingerprint density at radius 1 is 0.667 bits per heavy atom. The molecule has 0 bridgehead atoms. The Hall–Kier alpha value is -2.84. The van der Waals surface area contributed by atoms with Crippen LogP contribution in [0.3, 0.4) is 0 Å². The average molecular weight is 359 g/mol. The molecule has 0 spiro atoms. The summed E-state index contributed by atoms with van der Waals surface area (Å²) in [7, 11) is 0. The van der Waals surface area contributed by atoms with Crippen molar-refractivity contribution in [1.82, 2.24) is 40.4 Å². The predicted molar refractivity (Wildman–Crippen MR) is 87.3 cm³/mol. The van der Waals surface area contributed by atoms with Crippen molar-refractivity contribution in [2.45, 2.75) is 0 Å². The highest BCUT2D eigenvalue weighted by molar-refractivity contribution is 6.36. The van der Waals surface area contributed by atoms with Crippen molar-refractivity contribution >= 4 is 23.2 Å². The average Bonchev–Trinajstić information content (AvgIpc) is 3.29. The molecule has 24 heavy (non-hydrogen) atoms. The van der Waals surface area contributed by atoms with Gasteiger partial charge in [0, 0.05) is 11.1 Å². The molecule has 2 aromatic carbocycles. The SMILES string of the molecule is Clc1cc(-n2cnnn2)ccc1-c1ccc(-n2cnnn2)cc1Cl. The van der Waals surface area contributed by atoms with Crippen LogP contribution < -0.4 is 0 Å². The maximum Gasteiger partial charge on any atom is 0.143 e. The van der Waals surface area contributed by atoms with Gasteiger partial charge < -0.3 is 0 Å². The molecule has 0 amide bonds. The molecule has 10 heteroatoms. The molecule has 118 valence electrons. The van der Waals surface area contributed by atoms with Crippen LogP contribution in [0, 0.1) is 0 Å². The van der Waals surface area contributed by atoms with Crippen molar-refractivity contribution < 1.29 is 0 Å². The van der Waals surface area contributed by atoms with Gasteiger partial charge in [-0.1, -0.05) is 35.3 Å². The van der Waals surface area contributed by atoms with Crippen molar-refractivity contribution in [2.75, 3.05) is 0 Å². The van der Waals surface area contributed by atoms with E-state index in [1.165, 1.54) is 22.0 Å². The molecule has 0 aliphatic rings. The molecule has 0 aliphatic heterocycles. The van der Waals surface area contributed by atoms with Gasteiger partial charge >= 0.3 is 0 Å². The molecule has 0 atom stereocenters. The van der Waals surface area contributed by atoms with Crippen molar-refractivity contribution in [3.8, 4) is 22.5 Å². The van der Waals surface area contributed by atoms with E-state index in [4.69, 9.17) is 23.2 Å². The molecule has 4 rings (SSSR count). The number of nitrogens with zero attached hydrogens (tertiary/aromatic N) is 8. The van der Waals surface area contributed by atoms with Gasteiger partial charge in [0.2, 0.25) is 0 Å². The van der Waals surface area contributed by atoms with Crippen LogP contribution in [0.1, 0.15) is 0 Å². The van der Waals surface area contributed by atoms with Crippen LogP contribution in [0.2, 0.25) is 10.0 Å². The summed E-state index contributed by atoms with van der Waals surface area (Å²) in [5.74, 6) is 0. The zero-order chi connectivity index (χ0) is 16.5. The molecule has 2 aromatic heterocycles. The van der Waals surface area contributed by atoms with Crippen LogP contribution in [0.15, 0.2) is 49.1 Å². The second kappa shape index (κ2) is 5.99. The summed E-state index contributed by atoms with van der Waals surface area (Å²) in [4.78, 5) is 0. The van der Waals surface area contributed by atoms with Gasteiger partial charge in [0.15, 0.2) is 0 Å². The monoisotopic (exact) mass is 358 g/mol. The number of hydrogen-bond acceptors (Lipinski definition) is 6. The fourth-order valence-corrected chi connectivity index (χ4v) is 2.84. The van der Waals surface area contributed by atoms with Gasteiger partial charge in [-0.15, -0.1) is 10.2 Å². The number of benzene rings is 2. The van der Waals surface area contributed by atoms with Gasteiger partial charge in [-0.2, -0.15) is 0 Å². The minimum Gasteiger partial charge on any atom is -0.201 e. The van der Waals surface area contributed by atoms with E-state index in [1.807, 2.05) is 24.3 Å². The lowest BCUT2D eigenvalue weighted by atomic mass is 10.0. The quantitative estimate of drug-likeness (QED) is 0.559. The second-order valence-electron chi connectivity index (χ2n) is 4.84. The fourth-order valence-electron chi connectivity index (χ4n) is 2.29. The first-order chi connectivity index (χ1) is 11.7. The Morgan fingerprint density at radius 3 is 1.46 bits per heavy atom. The smallest absolute Gasteiger partial charge is 0.143 e. The van der Waals surface area contributed by atoms with Gasteiger partial charge in [-0.3, -0.25) is 0 Å². The van der Waals surface area contributed by atoms with Gasteiger partial charge in [-0.25, -0.2) is 9.36 Å². The molecule has 2 heterocycles. The molecule has 0 radical (unpaired) electrons. The van der Waals surface area contributed by atoms with Crippen molar-refractivity contribution in [1.29, 1.82) is 0 Å². The Bertz CT molecular complexity index is 900. The first-order valence-corrected chi connectivity index (χ1v) is 7.54. The predicted octanol–water partition coefficient (Wildman–Crippen LogP) is 2.61. The lowest BCUT2D eigenvalue weighted by Gasteiger charge is -2.10. The molecule has 0 fully saturated rings. The second-order valence-corrected chi connectivity index (χ2v) is 5.65. The summed E-state index contributed by atoms with van der Waals surface area (Å²) in [6.07, 6.45) is 3.00. The molecule has 0 aliphatic carbocycles. The number of hydrogen-bond donors (Lipinski definition) is 0. The number of tetrazole rings is 2. The van der Waals surface area contributed by atoms with E-state index in [0.717, 1.165) is 22.5 Å². The zero-order valence-corrected chi connectivity index (χ0v) is 13.5. The Labute approximate surface area is 145 Å². The van der Waals surface area contributed by atoms with Gasteiger partial charge in [0.05, 0.1) is 21.4 Å². The molecular weight excluding hydrogens is 351 g/mol. The largest absolute Gasteiger partial charge is 0.201 e. The third-order valence-electron chi connectivity index (χ3n) is 3.42. The topological polar surface area (TPSA) is 87.2 Å². The molecular formula is C14H8Cl2N8. The lowest BCUT2D eigenvalue weighted by molar-refractivity contribution is 0.789. The lowest BCUT2D eigenvalue weighted by Crippen LogP contribution is -1.97. The summed E-state index contributed by atoms with van der Waals surface area (Å²) in [6.45, 7) is 0. The first kappa shape index (κ1) is 14.7. The summed E-state index contributed by atoms with van der Waals surface area (Å²) >= 11 is 12.8. The van der Waals surface area contributed by atoms with E-state index in [1.54, 1.807) is 12.1 Å². The van der Waals surface area contributed by atoms with Crippen LogP contribution in [-0.2, 0) is 0 Å². The molecule has 0 unspecified atom stereocenters. The molecule has 4 aromatic rings. The number of aromatic nitrogens is 8. The third kappa shape index (κ3) is 2.61. The van der Waals surface area contributed by atoms with Crippen LogP contribution in [0.25, 0.3) is 22.5 Å². The summed E-state index contributed by atoms with van der Waals surface area (Å²) in [6, 6.07) is 11.0. The fraction of sp³-hybridized carbons (Fsp3) is 0. The highest BCUT2D eigenvalue weighted by Gasteiger charge is 2.11. The number of rotatable bonds is 3. The minimum atomic E-state index is 0.542. The van der Waals surface area contributed by atoms with E-state index in [9.17, 15) is 0 Å². The standard InChI is InChI=1S/C14H8Cl2N8/c15-13-5-9(23-7-17-19-21-23)1-3-11(13)12-4-2-10(6-14(12)16)24-8-18-20-22-24/h1-8H. The highest BCUT2D eigenvalue weighted by Crippen LogP contribution is 2.35. The van der Waals surface area contributed by atoms with Gasteiger partial charge in [0.1, 0.15) is 12.7 Å². The van der Waals surface area contributed by atoms with E-state index >= 15 is 0 Å². The molecule has 0 saturated heterocycles. The zero-order valence-electron chi connectivity index (χ0n) is 12.0. The van der Waals surface area contributed by atoms with E-state index in [-0.39, 0.29) is 0 Å². The Morgan fingerprint density at radius 2 is 1.12 bits per heavy atom. The van der Waals surface area contributed by atoms with Crippen LogP contribution in [0.5, 0.6) is 0 Å². The van der Waals surface area contributed by atoms with Crippen molar-refractivity contribution in [3.63, 3.8) is 0 Å². The normalized spacial score (nSPS) is 10.9. The Kier molecular flexibility index (Phi) is 3.68. The minimum absolute atomic E-state index is 0.542. The van der Waals surface area contributed by atoms with E-state index in [2.05, 4.69) is 31.1 Å². The first-order valence-electron chi connectivity index (χ1n) is 6.78. The third-order valence-corrected chi connectivity index (χ3v) is 4.05. The van der Waals surface area contributed by atoms with Crippen LogP contribution in [-0.4, -0.2) is 40.4 Å². The molecule has 0 saturated carbocycles. The summed E-state index contributed by atoms with van der Waals surface area (Å²) in [5.41, 5.74) is 3.13. The van der Waals surface area contributed by atoms with E-state index < -0.39 is 0 Å². The van der Waals surface area contributed by atoms with Gasteiger partial charge in [0.25, 0.3) is 0 Å². The Balaban J connectivity index is 1.74. The number of halogens is 2. The maximum absolute atomic E-state index is 6.41.